The molecule has 2 aromatic carbocycles. The number of methoxy groups -OCH3 is 4. The summed E-state index contributed by atoms with van der Waals surface area (Å²) < 4.78 is 21.6. The molecule has 29 heavy (non-hydrogen) atoms. The summed E-state index contributed by atoms with van der Waals surface area (Å²) in [7, 11) is 6.65. The maximum atomic E-state index is 5.50. The smallest absolute Gasteiger partial charge is 0.161 e. The molecule has 3 rings (SSSR count). The minimum absolute atomic E-state index is 0.457. The lowest BCUT2D eigenvalue weighted by Crippen LogP contribution is -2.15. The Labute approximate surface area is 173 Å². The first-order chi connectivity index (χ1) is 14.2. The molecule has 0 amide bonds. The lowest BCUT2D eigenvalue weighted by Gasteiger charge is -2.29. The van der Waals surface area contributed by atoms with Gasteiger partial charge in [-0.15, -0.1) is 5.73 Å². The first-order valence-electron chi connectivity index (χ1n) is 10.1. The van der Waals surface area contributed by atoms with Crippen LogP contribution in [0.3, 0.4) is 0 Å². The molecular weight excluding hydrogens is 364 g/mol. The van der Waals surface area contributed by atoms with Gasteiger partial charge in [-0.05, 0) is 72.2 Å². The highest BCUT2D eigenvalue weighted by Gasteiger charge is 2.25. The standard InChI is InChI=1S/C25H30O4/c1-26-22-14-12-18(16-24(22)28-3)8-7-10-19-9-5-6-11-21(19)20-13-15-23(27-2)25(17-20)29-4/h8,10,12-17,19,21H,5-6,9,11H2,1-4H3. The molecule has 1 aliphatic rings. The van der Waals surface area contributed by atoms with Crippen LogP contribution in [0.25, 0.3) is 6.08 Å². The van der Waals surface area contributed by atoms with Gasteiger partial charge >= 0.3 is 0 Å². The summed E-state index contributed by atoms with van der Waals surface area (Å²) in [6.07, 6.45) is 9.08. The van der Waals surface area contributed by atoms with Gasteiger partial charge < -0.3 is 18.9 Å². The van der Waals surface area contributed by atoms with Crippen molar-refractivity contribution in [3.63, 3.8) is 0 Å². The fraction of sp³-hybridized carbons (Fsp3) is 0.400. The fourth-order valence-corrected chi connectivity index (χ4v) is 4.07. The molecule has 0 spiro atoms. The number of benzene rings is 2. The van der Waals surface area contributed by atoms with Crippen LogP contribution in [0.15, 0.2) is 48.2 Å². The van der Waals surface area contributed by atoms with Crippen LogP contribution in [-0.4, -0.2) is 28.4 Å². The molecule has 4 heteroatoms. The molecule has 1 saturated carbocycles. The molecule has 0 heterocycles. The van der Waals surface area contributed by atoms with E-state index in [0.717, 1.165) is 28.6 Å². The summed E-state index contributed by atoms with van der Waals surface area (Å²) in [6.45, 7) is 0. The van der Waals surface area contributed by atoms with Crippen LogP contribution in [-0.2, 0) is 0 Å². The zero-order valence-corrected chi connectivity index (χ0v) is 17.7. The van der Waals surface area contributed by atoms with E-state index >= 15 is 0 Å². The molecule has 4 nitrogen and oxygen atoms in total. The van der Waals surface area contributed by atoms with Crippen molar-refractivity contribution in [3.8, 4) is 23.0 Å². The van der Waals surface area contributed by atoms with Crippen LogP contribution < -0.4 is 18.9 Å². The summed E-state index contributed by atoms with van der Waals surface area (Å²) in [5.74, 6) is 3.94. The van der Waals surface area contributed by atoms with Gasteiger partial charge in [-0.25, -0.2) is 0 Å². The molecule has 0 bridgehead atoms. The summed E-state index contributed by atoms with van der Waals surface area (Å²) in [5.41, 5.74) is 5.75. The van der Waals surface area contributed by atoms with Crippen molar-refractivity contribution in [1.29, 1.82) is 0 Å². The second-order valence-corrected chi connectivity index (χ2v) is 7.26. The van der Waals surface area contributed by atoms with Gasteiger partial charge in [0.05, 0.1) is 28.4 Å². The third-order valence-corrected chi connectivity index (χ3v) is 5.62. The largest absolute Gasteiger partial charge is 0.493 e. The van der Waals surface area contributed by atoms with Crippen LogP contribution in [0.5, 0.6) is 23.0 Å². The minimum atomic E-state index is 0.457. The van der Waals surface area contributed by atoms with Crippen molar-refractivity contribution in [2.24, 2.45) is 5.92 Å². The second-order valence-electron chi connectivity index (χ2n) is 7.26. The molecule has 2 aromatic rings. The lowest BCUT2D eigenvalue weighted by atomic mass is 9.75. The van der Waals surface area contributed by atoms with E-state index in [4.69, 9.17) is 18.9 Å². The van der Waals surface area contributed by atoms with Crippen LogP contribution in [0.1, 0.15) is 42.7 Å². The monoisotopic (exact) mass is 394 g/mol. The van der Waals surface area contributed by atoms with Crippen molar-refractivity contribution in [2.45, 2.75) is 31.6 Å². The number of hydrogen-bond donors (Lipinski definition) is 0. The quantitative estimate of drug-likeness (QED) is 0.551. The Morgan fingerprint density at radius 1 is 0.759 bits per heavy atom. The molecule has 0 aliphatic heterocycles. The highest BCUT2D eigenvalue weighted by molar-refractivity contribution is 5.55. The number of hydrogen-bond acceptors (Lipinski definition) is 4. The first kappa shape index (κ1) is 20.9. The van der Waals surface area contributed by atoms with Crippen molar-refractivity contribution in [3.05, 3.63) is 59.3 Å². The van der Waals surface area contributed by atoms with Crippen LogP contribution in [0, 0.1) is 5.92 Å². The Balaban J connectivity index is 1.82. The van der Waals surface area contributed by atoms with Gasteiger partial charge in [0, 0.05) is 0 Å². The summed E-state index contributed by atoms with van der Waals surface area (Å²) in [5, 5.41) is 0. The molecule has 1 aliphatic carbocycles. The SMILES string of the molecule is COc1ccc(C=C=CC2CCCCC2c2ccc(OC)c(OC)c2)cc1OC. The van der Waals surface area contributed by atoms with E-state index in [0.29, 0.717) is 11.8 Å². The lowest BCUT2D eigenvalue weighted by molar-refractivity contribution is 0.346. The molecule has 0 N–H and O–H groups in total. The highest BCUT2D eigenvalue weighted by atomic mass is 16.5. The third kappa shape index (κ3) is 4.96. The van der Waals surface area contributed by atoms with E-state index < -0.39 is 0 Å². The van der Waals surface area contributed by atoms with E-state index in [1.165, 1.54) is 31.2 Å². The average Bonchev–Trinajstić information content (AvgIpc) is 2.78. The van der Waals surface area contributed by atoms with Crippen molar-refractivity contribution >= 4 is 6.08 Å². The van der Waals surface area contributed by atoms with Gasteiger partial charge in [-0.3, -0.25) is 0 Å². The maximum absolute atomic E-state index is 5.50. The van der Waals surface area contributed by atoms with Gasteiger partial charge in [0.1, 0.15) is 0 Å². The van der Waals surface area contributed by atoms with Gasteiger partial charge in [0.2, 0.25) is 0 Å². The molecule has 2 atom stereocenters. The summed E-state index contributed by atoms with van der Waals surface area (Å²) in [4.78, 5) is 0. The second kappa shape index (κ2) is 10.1. The predicted molar refractivity (Wildman–Crippen MR) is 116 cm³/mol. The summed E-state index contributed by atoms with van der Waals surface area (Å²) in [6, 6.07) is 12.2. The van der Waals surface area contributed by atoms with E-state index in [2.05, 4.69) is 23.9 Å². The molecule has 0 radical (unpaired) electrons. The minimum Gasteiger partial charge on any atom is -0.493 e. The molecular formula is C25H30O4. The van der Waals surface area contributed by atoms with Gasteiger partial charge in [0.25, 0.3) is 0 Å². The fourth-order valence-electron chi connectivity index (χ4n) is 4.07. The Kier molecular flexibility index (Phi) is 7.26. The summed E-state index contributed by atoms with van der Waals surface area (Å²) >= 11 is 0. The Bertz CT molecular complexity index is 880. The van der Waals surface area contributed by atoms with Gasteiger partial charge in [-0.2, -0.15) is 0 Å². The van der Waals surface area contributed by atoms with Crippen LogP contribution in [0.2, 0.25) is 0 Å². The van der Waals surface area contributed by atoms with Crippen LogP contribution in [0.4, 0.5) is 0 Å². The zero-order valence-electron chi connectivity index (χ0n) is 17.7. The zero-order chi connectivity index (χ0) is 20.6. The normalized spacial score (nSPS) is 18.3. The number of allylic oxidation sites excluding steroid dienone is 1. The predicted octanol–water partition coefficient (Wildman–Crippen LogP) is 5.86. The first-order valence-corrected chi connectivity index (χ1v) is 10.1. The van der Waals surface area contributed by atoms with E-state index in [9.17, 15) is 0 Å². The molecule has 0 aromatic heterocycles. The van der Waals surface area contributed by atoms with Crippen LogP contribution >= 0.6 is 0 Å². The molecule has 154 valence electrons. The Morgan fingerprint density at radius 2 is 1.38 bits per heavy atom. The van der Waals surface area contributed by atoms with E-state index in [1.54, 1.807) is 28.4 Å². The number of rotatable bonds is 7. The number of ether oxygens (including phenoxy) is 4. The van der Waals surface area contributed by atoms with Crippen molar-refractivity contribution in [2.75, 3.05) is 28.4 Å². The molecule has 2 unspecified atom stereocenters. The third-order valence-electron chi connectivity index (χ3n) is 5.62. The van der Waals surface area contributed by atoms with Gasteiger partial charge in [-0.1, -0.05) is 25.0 Å². The van der Waals surface area contributed by atoms with E-state index in [-0.39, 0.29) is 0 Å². The Hall–Kier alpha value is -2.84. The maximum Gasteiger partial charge on any atom is 0.161 e. The molecule has 1 fully saturated rings. The van der Waals surface area contributed by atoms with E-state index in [1.807, 2.05) is 30.3 Å². The highest BCUT2D eigenvalue weighted by Crippen LogP contribution is 2.41. The van der Waals surface area contributed by atoms with Gasteiger partial charge in [0.15, 0.2) is 23.0 Å². The topological polar surface area (TPSA) is 36.9 Å². The van der Waals surface area contributed by atoms with Crippen molar-refractivity contribution in [1.82, 2.24) is 0 Å². The Morgan fingerprint density at radius 3 is 2.07 bits per heavy atom. The molecule has 0 saturated heterocycles. The average molecular weight is 395 g/mol. The van der Waals surface area contributed by atoms with Crippen molar-refractivity contribution < 1.29 is 18.9 Å².